The van der Waals surface area contributed by atoms with Crippen LogP contribution in [-0.2, 0) is 5.41 Å². The lowest BCUT2D eigenvalue weighted by atomic mass is 9.76. The molecule has 0 radical (unpaired) electrons. The summed E-state index contributed by atoms with van der Waals surface area (Å²) < 4.78 is 1.76. The fourth-order valence-electron chi connectivity index (χ4n) is 5.22. The molecule has 9 heteroatoms. The van der Waals surface area contributed by atoms with E-state index in [9.17, 15) is 9.59 Å². The summed E-state index contributed by atoms with van der Waals surface area (Å²) in [5.41, 5.74) is 4.61. The number of rotatable bonds is 7. The van der Waals surface area contributed by atoms with Gasteiger partial charge in [-0.25, -0.2) is 9.48 Å². The van der Waals surface area contributed by atoms with E-state index in [1.165, 1.54) is 0 Å². The van der Waals surface area contributed by atoms with Crippen molar-refractivity contribution < 1.29 is 9.59 Å². The molecule has 1 saturated heterocycles. The number of Topliss-reactive ketones (excluding diaryl/α,β-unsaturated/α-hetero) is 1. The molecule has 40 heavy (non-hydrogen) atoms. The number of nitrogens with zero attached hydrogens (tertiary/aromatic N) is 3. The fraction of sp³-hybridized carbons (Fsp3) is 0.355. The maximum Gasteiger partial charge on any atom is 0.324 e. The summed E-state index contributed by atoms with van der Waals surface area (Å²) in [4.78, 5) is 27.2. The summed E-state index contributed by atoms with van der Waals surface area (Å²) in [7, 11) is 0. The second kappa shape index (κ2) is 11.5. The number of para-hydroxylation sites is 1. The van der Waals surface area contributed by atoms with Crippen LogP contribution >= 0.6 is 0 Å². The second-order valence-electron chi connectivity index (χ2n) is 11.5. The molecular formula is C31H37N7O2. The van der Waals surface area contributed by atoms with E-state index in [1.807, 2.05) is 61.5 Å². The molecule has 0 spiro atoms. The van der Waals surface area contributed by atoms with Gasteiger partial charge >= 0.3 is 6.03 Å². The van der Waals surface area contributed by atoms with Gasteiger partial charge in [-0.1, -0.05) is 56.7 Å². The standard InChI is InChI=1S/C31H37N7O2/c1-20-9-11-23(12-10-20)38-27(17-26(37-38)31(2,3)4)36-30(40)35-25-8-6-5-7-24(25)28(21-13-15-32-16-14-21)29(39)22-18-33-34-19-22/h5-12,17-19,21,28,32H,13-16H2,1-4H3,(H,33,34)(H2,35,36,40). The van der Waals surface area contributed by atoms with Crippen LogP contribution in [0.4, 0.5) is 16.3 Å². The van der Waals surface area contributed by atoms with Crippen LogP contribution in [0.5, 0.6) is 0 Å². The monoisotopic (exact) mass is 539 g/mol. The van der Waals surface area contributed by atoms with Crippen molar-refractivity contribution >= 4 is 23.3 Å². The van der Waals surface area contributed by atoms with E-state index in [1.54, 1.807) is 17.1 Å². The third-order valence-electron chi connectivity index (χ3n) is 7.46. The van der Waals surface area contributed by atoms with Gasteiger partial charge in [0, 0.05) is 23.4 Å². The normalized spacial score (nSPS) is 15.0. The number of benzene rings is 2. The molecule has 1 aliphatic heterocycles. The highest BCUT2D eigenvalue weighted by atomic mass is 16.2. The highest BCUT2D eigenvalue weighted by molar-refractivity contribution is 6.04. The number of ketones is 1. The Hall–Kier alpha value is -4.24. The summed E-state index contributed by atoms with van der Waals surface area (Å²) >= 11 is 0. The van der Waals surface area contributed by atoms with E-state index in [-0.39, 0.29) is 17.1 Å². The lowest BCUT2D eigenvalue weighted by molar-refractivity contribution is 0.0916. The van der Waals surface area contributed by atoms with E-state index in [0.717, 1.165) is 48.4 Å². The minimum Gasteiger partial charge on any atom is -0.317 e. The van der Waals surface area contributed by atoms with Crippen LogP contribution in [0.2, 0.25) is 0 Å². The summed E-state index contributed by atoms with van der Waals surface area (Å²) in [6, 6.07) is 17.1. The van der Waals surface area contributed by atoms with Crippen molar-refractivity contribution in [3.8, 4) is 5.69 Å². The summed E-state index contributed by atoms with van der Waals surface area (Å²) in [6.07, 6.45) is 4.95. The van der Waals surface area contributed by atoms with Crippen molar-refractivity contribution in [2.75, 3.05) is 23.7 Å². The van der Waals surface area contributed by atoms with Crippen LogP contribution in [-0.4, -0.2) is 44.9 Å². The van der Waals surface area contributed by atoms with E-state index >= 15 is 0 Å². The van der Waals surface area contributed by atoms with Gasteiger partial charge in [-0.3, -0.25) is 15.2 Å². The quantitative estimate of drug-likeness (QED) is 0.221. The van der Waals surface area contributed by atoms with Crippen LogP contribution < -0.4 is 16.0 Å². The Balaban J connectivity index is 1.44. The zero-order valence-electron chi connectivity index (χ0n) is 23.5. The molecule has 1 aliphatic rings. The molecule has 2 aromatic heterocycles. The number of carbonyl (C=O) groups is 2. The van der Waals surface area contributed by atoms with Gasteiger partial charge in [0.1, 0.15) is 5.82 Å². The summed E-state index contributed by atoms with van der Waals surface area (Å²) in [5, 5.41) is 21.0. The maximum absolute atomic E-state index is 13.7. The molecule has 3 heterocycles. The van der Waals surface area contributed by atoms with Gasteiger partial charge in [-0.15, -0.1) is 0 Å². The Bertz CT molecular complexity index is 1460. The number of piperidine rings is 1. The van der Waals surface area contributed by atoms with Gasteiger partial charge in [0.05, 0.1) is 29.1 Å². The molecule has 9 nitrogen and oxygen atoms in total. The van der Waals surface area contributed by atoms with Gasteiger partial charge in [-0.05, 0) is 62.5 Å². The number of H-pyrrole nitrogens is 1. The number of carbonyl (C=O) groups excluding carboxylic acids is 2. The number of amides is 2. The Morgan fingerprint density at radius 1 is 1.02 bits per heavy atom. The zero-order valence-corrected chi connectivity index (χ0v) is 23.5. The lowest BCUT2D eigenvalue weighted by Crippen LogP contribution is -2.34. The predicted molar refractivity (Wildman–Crippen MR) is 157 cm³/mol. The number of aryl methyl sites for hydroxylation is 1. The van der Waals surface area contributed by atoms with Crippen LogP contribution in [0, 0.1) is 12.8 Å². The number of aromatic amines is 1. The largest absolute Gasteiger partial charge is 0.324 e. The van der Waals surface area contributed by atoms with Gasteiger partial charge in [0.2, 0.25) is 0 Å². The molecule has 2 aromatic carbocycles. The number of hydrogen-bond acceptors (Lipinski definition) is 5. The second-order valence-corrected chi connectivity index (χ2v) is 11.5. The van der Waals surface area contributed by atoms with Gasteiger partial charge in [-0.2, -0.15) is 10.2 Å². The average Bonchev–Trinajstić information content (AvgIpc) is 3.62. The van der Waals surface area contributed by atoms with Crippen molar-refractivity contribution in [3.63, 3.8) is 0 Å². The van der Waals surface area contributed by atoms with Crippen LogP contribution in [0.3, 0.4) is 0 Å². The molecule has 0 aliphatic carbocycles. The zero-order chi connectivity index (χ0) is 28.3. The van der Waals surface area contributed by atoms with Crippen LogP contribution in [0.15, 0.2) is 67.0 Å². The molecule has 4 aromatic rings. The van der Waals surface area contributed by atoms with Gasteiger partial charge < -0.3 is 10.6 Å². The highest BCUT2D eigenvalue weighted by Gasteiger charge is 2.34. The number of urea groups is 1. The third kappa shape index (κ3) is 5.99. The number of anilines is 2. The molecule has 208 valence electrons. The molecule has 5 rings (SSSR count). The Labute approximate surface area is 234 Å². The van der Waals surface area contributed by atoms with Crippen molar-refractivity contribution in [1.82, 2.24) is 25.3 Å². The summed E-state index contributed by atoms with van der Waals surface area (Å²) in [5.74, 6) is 0.310. The van der Waals surface area contributed by atoms with Crippen molar-refractivity contribution in [3.05, 3.63) is 89.4 Å². The average molecular weight is 540 g/mol. The van der Waals surface area contributed by atoms with Crippen LogP contribution in [0.25, 0.3) is 5.69 Å². The topological polar surface area (TPSA) is 117 Å². The first-order valence-electron chi connectivity index (χ1n) is 13.8. The van der Waals surface area contributed by atoms with E-state index < -0.39 is 11.9 Å². The smallest absolute Gasteiger partial charge is 0.317 e. The molecule has 1 fully saturated rings. The molecule has 1 unspecified atom stereocenters. The van der Waals surface area contributed by atoms with Crippen molar-refractivity contribution in [1.29, 1.82) is 0 Å². The first-order chi connectivity index (χ1) is 19.2. The van der Waals surface area contributed by atoms with Crippen molar-refractivity contribution in [2.45, 2.75) is 51.9 Å². The first kappa shape index (κ1) is 27.3. The van der Waals surface area contributed by atoms with Gasteiger partial charge in [0.25, 0.3) is 0 Å². The predicted octanol–water partition coefficient (Wildman–Crippen LogP) is 5.81. The third-order valence-corrected chi connectivity index (χ3v) is 7.46. The molecule has 1 atom stereocenters. The molecular weight excluding hydrogens is 502 g/mol. The Kier molecular flexibility index (Phi) is 7.84. The first-order valence-corrected chi connectivity index (χ1v) is 13.8. The van der Waals surface area contributed by atoms with E-state index in [2.05, 4.69) is 46.9 Å². The van der Waals surface area contributed by atoms with E-state index in [4.69, 9.17) is 5.10 Å². The molecule has 4 N–H and O–H groups in total. The Morgan fingerprint density at radius 3 is 2.42 bits per heavy atom. The minimum atomic E-state index is -0.402. The summed E-state index contributed by atoms with van der Waals surface area (Å²) in [6.45, 7) is 10.0. The van der Waals surface area contributed by atoms with E-state index in [0.29, 0.717) is 17.1 Å². The fourth-order valence-corrected chi connectivity index (χ4v) is 5.22. The van der Waals surface area contributed by atoms with Gasteiger partial charge in [0.15, 0.2) is 5.78 Å². The SMILES string of the molecule is Cc1ccc(-n2nc(C(C)(C)C)cc2NC(=O)Nc2ccccc2C(C(=O)c2cn[nH]c2)C2CCNCC2)cc1. The van der Waals surface area contributed by atoms with Crippen molar-refractivity contribution in [2.24, 2.45) is 5.92 Å². The molecule has 0 bridgehead atoms. The number of nitrogens with one attached hydrogen (secondary N) is 4. The number of hydrogen-bond donors (Lipinski definition) is 4. The molecule has 2 amide bonds. The minimum absolute atomic E-state index is 0.00238. The highest BCUT2D eigenvalue weighted by Crippen LogP contribution is 2.38. The van der Waals surface area contributed by atoms with Crippen LogP contribution in [0.1, 0.15) is 66.7 Å². The Morgan fingerprint density at radius 2 is 1.75 bits per heavy atom. The lowest BCUT2D eigenvalue weighted by Gasteiger charge is -2.31. The maximum atomic E-state index is 13.7. The molecule has 0 saturated carbocycles. The number of aromatic nitrogens is 4.